The summed E-state index contributed by atoms with van der Waals surface area (Å²) in [5.41, 5.74) is 3.58. The summed E-state index contributed by atoms with van der Waals surface area (Å²) in [6.07, 6.45) is 0. The number of fused-ring (bicyclic) bond motifs is 3. The Hall–Kier alpha value is -1.59. The average molecular weight is 304 g/mol. The van der Waals surface area contributed by atoms with E-state index >= 15 is 0 Å². The van der Waals surface area contributed by atoms with Crippen molar-refractivity contribution in [1.29, 1.82) is 0 Å². The Morgan fingerprint density at radius 1 is 1.32 bits per heavy atom. The summed E-state index contributed by atoms with van der Waals surface area (Å²) in [5.74, 6) is 0.998. The van der Waals surface area contributed by atoms with Crippen molar-refractivity contribution in [3.63, 3.8) is 0 Å². The molecule has 2 saturated heterocycles. The van der Waals surface area contributed by atoms with Gasteiger partial charge in [-0.05, 0) is 19.4 Å². The predicted octanol–water partition coefficient (Wildman–Crippen LogP) is 1.26. The second-order valence-electron chi connectivity index (χ2n) is 6.41. The van der Waals surface area contributed by atoms with Gasteiger partial charge in [0.25, 0.3) is 0 Å². The maximum absolute atomic E-state index is 12.1. The molecule has 3 rings (SSSR count). The Balaban J connectivity index is 1.83. The molecule has 0 aromatic heterocycles. The molecule has 0 unspecified atom stereocenters. The van der Waals surface area contributed by atoms with Crippen LogP contribution in [0.4, 0.5) is 0 Å². The minimum Gasteiger partial charge on any atom is -0.496 e. The fourth-order valence-electron chi connectivity index (χ4n) is 3.54. The number of methoxy groups -OCH3 is 1. The topological polar surface area (TPSA) is 50.8 Å². The molecule has 1 aromatic carbocycles. The smallest absolute Gasteiger partial charge is 0.227 e. The Labute approximate surface area is 131 Å². The summed E-state index contributed by atoms with van der Waals surface area (Å²) in [6, 6.07) is 4.40. The standard InChI is InChI=1S/C17H24N2O3/c1-11-4-12(2)16(21-3)13(5-11)6-19-7-14-9-22-10-15(8-19)18-17(14)20/h4-5,14-15H,6-10H2,1-3H3,(H,18,20)/t14-,15+/m1/s1. The highest BCUT2D eigenvalue weighted by Gasteiger charge is 2.33. The van der Waals surface area contributed by atoms with Gasteiger partial charge < -0.3 is 14.8 Å². The second kappa shape index (κ2) is 6.26. The van der Waals surface area contributed by atoms with E-state index in [4.69, 9.17) is 9.47 Å². The van der Waals surface area contributed by atoms with Crippen molar-refractivity contribution in [2.45, 2.75) is 26.4 Å². The Morgan fingerprint density at radius 3 is 2.91 bits per heavy atom. The van der Waals surface area contributed by atoms with Crippen molar-refractivity contribution in [2.75, 3.05) is 33.4 Å². The Bertz CT molecular complexity index is 573. The molecule has 2 fully saturated rings. The van der Waals surface area contributed by atoms with Crippen LogP contribution >= 0.6 is 0 Å². The third-order valence-corrected chi connectivity index (χ3v) is 4.41. The third kappa shape index (κ3) is 3.10. The minimum absolute atomic E-state index is 0.0793. The van der Waals surface area contributed by atoms with Gasteiger partial charge in [-0.3, -0.25) is 9.69 Å². The lowest BCUT2D eigenvalue weighted by Gasteiger charge is -2.28. The largest absolute Gasteiger partial charge is 0.496 e. The van der Waals surface area contributed by atoms with E-state index in [0.717, 1.165) is 30.9 Å². The molecule has 2 atom stereocenters. The first-order chi connectivity index (χ1) is 10.6. The molecule has 0 aliphatic carbocycles. The fraction of sp³-hybridized carbons (Fsp3) is 0.588. The summed E-state index contributed by atoms with van der Waals surface area (Å²) < 4.78 is 11.2. The highest BCUT2D eigenvalue weighted by atomic mass is 16.5. The molecule has 0 spiro atoms. The second-order valence-corrected chi connectivity index (χ2v) is 6.41. The number of hydrogen-bond acceptors (Lipinski definition) is 4. The van der Waals surface area contributed by atoms with Gasteiger partial charge in [0.2, 0.25) is 5.91 Å². The van der Waals surface area contributed by atoms with Crippen LogP contribution in [0.2, 0.25) is 0 Å². The number of nitrogens with zero attached hydrogens (tertiary/aromatic N) is 1. The summed E-state index contributed by atoms with van der Waals surface area (Å²) in [6.45, 7) is 7.65. The van der Waals surface area contributed by atoms with Gasteiger partial charge in [0, 0.05) is 25.2 Å². The minimum atomic E-state index is -0.0793. The van der Waals surface area contributed by atoms with Gasteiger partial charge in [-0.1, -0.05) is 17.7 Å². The van der Waals surface area contributed by atoms with E-state index in [-0.39, 0.29) is 17.9 Å². The van der Waals surface area contributed by atoms with Crippen LogP contribution in [0.1, 0.15) is 16.7 Å². The monoisotopic (exact) mass is 304 g/mol. The van der Waals surface area contributed by atoms with Crippen LogP contribution in [0.5, 0.6) is 5.75 Å². The molecule has 0 radical (unpaired) electrons. The Kier molecular flexibility index (Phi) is 4.36. The van der Waals surface area contributed by atoms with Crippen LogP contribution in [0.3, 0.4) is 0 Å². The number of carbonyl (C=O) groups excluding carboxylic acids is 1. The molecular weight excluding hydrogens is 280 g/mol. The van der Waals surface area contributed by atoms with E-state index in [1.165, 1.54) is 11.1 Å². The van der Waals surface area contributed by atoms with Crippen molar-refractivity contribution in [1.82, 2.24) is 10.2 Å². The lowest BCUT2D eigenvalue weighted by molar-refractivity contribution is -0.125. The normalized spacial score (nSPS) is 25.5. The maximum atomic E-state index is 12.1. The summed E-state index contributed by atoms with van der Waals surface area (Å²) >= 11 is 0. The Morgan fingerprint density at radius 2 is 2.14 bits per heavy atom. The van der Waals surface area contributed by atoms with E-state index in [1.807, 2.05) is 0 Å². The molecule has 2 aliphatic rings. The number of rotatable bonds is 3. The van der Waals surface area contributed by atoms with E-state index in [0.29, 0.717) is 13.2 Å². The molecule has 1 amide bonds. The molecule has 2 heterocycles. The fourth-order valence-corrected chi connectivity index (χ4v) is 3.54. The SMILES string of the molecule is COc1c(C)cc(C)cc1CN1C[C@H]2COC[C@@H](C1)C(=O)N2. The summed E-state index contributed by atoms with van der Waals surface area (Å²) in [4.78, 5) is 14.4. The van der Waals surface area contributed by atoms with Crippen LogP contribution in [-0.4, -0.2) is 50.3 Å². The maximum Gasteiger partial charge on any atom is 0.227 e. The van der Waals surface area contributed by atoms with Crippen molar-refractivity contribution in [3.05, 3.63) is 28.8 Å². The zero-order valence-electron chi connectivity index (χ0n) is 13.5. The van der Waals surface area contributed by atoms with Gasteiger partial charge in [-0.15, -0.1) is 0 Å². The predicted molar refractivity (Wildman–Crippen MR) is 84.0 cm³/mol. The van der Waals surface area contributed by atoms with E-state index in [2.05, 4.69) is 36.2 Å². The first-order valence-electron chi connectivity index (χ1n) is 7.81. The first-order valence-corrected chi connectivity index (χ1v) is 7.81. The zero-order valence-corrected chi connectivity index (χ0v) is 13.5. The highest BCUT2D eigenvalue weighted by molar-refractivity contribution is 5.80. The van der Waals surface area contributed by atoms with Crippen molar-refractivity contribution in [3.8, 4) is 5.75 Å². The number of nitrogens with one attached hydrogen (secondary N) is 1. The summed E-state index contributed by atoms with van der Waals surface area (Å²) in [7, 11) is 1.72. The molecule has 120 valence electrons. The van der Waals surface area contributed by atoms with E-state index in [9.17, 15) is 4.79 Å². The lowest BCUT2D eigenvalue weighted by atomic mass is 10.0. The number of ether oxygens (including phenoxy) is 2. The number of benzene rings is 1. The van der Waals surface area contributed by atoms with Gasteiger partial charge in [-0.25, -0.2) is 0 Å². The zero-order chi connectivity index (χ0) is 15.7. The van der Waals surface area contributed by atoms with Gasteiger partial charge in [0.1, 0.15) is 5.75 Å². The van der Waals surface area contributed by atoms with Crippen LogP contribution in [0.25, 0.3) is 0 Å². The highest BCUT2D eigenvalue weighted by Crippen LogP contribution is 2.27. The molecule has 1 N–H and O–H groups in total. The van der Waals surface area contributed by atoms with Crippen LogP contribution < -0.4 is 10.1 Å². The van der Waals surface area contributed by atoms with Crippen LogP contribution in [-0.2, 0) is 16.1 Å². The quantitative estimate of drug-likeness (QED) is 0.913. The number of carbonyl (C=O) groups is 1. The molecule has 2 bridgehead atoms. The number of aryl methyl sites for hydroxylation is 2. The molecule has 5 heteroatoms. The molecule has 0 saturated carbocycles. The molecular formula is C17H24N2O3. The average Bonchev–Trinajstić information content (AvgIpc) is 2.67. The van der Waals surface area contributed by atoms with Gasteiger partial charge in [0.15, 0.2) is 0 Å². The molecule has 22 heavy (non-hydrogen) atoms. The van der Waals surface area contributed by atoms with Crippen molar-refractivity contribution >= 4 is 5.91 Å². The van der Waals surface area contributed by atoms with E-state index < -0.39 is 0 Å². The summed E-state index contributed by atoms with van der Waals surface area (Å²) in [5, 5.41) is 3.07. The van der Waals surface area contributed by atoms with E-state index in [1.54, 1.807) is 7.11 Å². The van der Waals surface area contributed by atoms with Gasteiger partial charge in [0.05, 0.1) is 32.3 Å². The van der Waals surface area contributed by atoms with Crippen LogP contribution in [0, 0.1) is 19.8 Å². The molecule has 2 aliphatic heterocycles. The first kappa shape index (κ1) is 15.3. The number of hydrogen-bond donors (Lipinski definition) is 1. The lowest BCUT2D eigenvalue weighted by Crippen LogP contribution is -2.41. The number of amides is 1. The third-order valence-electron chi connectivity index (χ3n) is 4.41. The van der Waals surface area contributed by atoms with Crippen molar-refractivity contribution < 1.29 is 14.3 Å². The van der Waals surface area contributed by atoms with Crippen LogP contribution in [0.15, 0.2) is 12.1 Å². The molecule has 1 aromatic rings. The van der Waals surface area contributed by atoms with Gasteiger partial charge >= 0.3 is 0 Å². The van der Waals surface area contributed by atoms with Crippen molar-refractivity contribution in [2.24, 2.45) is 5.92 Å². The van der Waals surface area contributed by atoms with Gasteiger partial charge in [-0.2, -0.15) is 0 Å². The molecule has 5 nitrogen and oxygen atoms in total.